The smallest absolute Gasteiger partial charge is 0.462 e. The number of esters is 4. The lowest BCUT2D eigenvalue weighted by Crippen LogP contribution is -2.30. The lowest BCUT2D eigenvalue weighted by atomic mass is 10.00. The van der Waals surface area contributed by atoms with Crippen molar-refractivity contribution in [1.82, 2.24) is 0 Å². The Morgan fingerprint density at radius 1 is 0.292 bits per heavy atom. The Kier molecular flexibility index (Phi) is 65.0. The zero-order valence-corrected chi connectivity index (χ0v) is 64.8. The summed E-state index contributed by atoms with van der Waals surface area (Å²) in [4.78, 5) is 72.8. The molecule has 0 spiro atoms. The van der Waals surface area contributed by atoms with Crippen LogP contribution >= 0.6 is 15.6 Å². The van der Waals surface area contributed by atoms with Gasteiger partial charge in [0.15, 0.2) is 12.2 Å². The first-order valence-electron chi connectivity index (χ1n) is 39.7. The minimum absolute atomic E-state index is 0.103. The molecule has 0 aromatic rings. The van der Waals surface area contributed by atoms with Gasteiger partial charge in [0.1, 0.15) is 19.3 Å². The fraction of sp³-hybridized carbons (Fsp3) is 0.948. The van der Waals surface area contributed by atoms with Crippen molar-refractivity contribution >= 4 is 39.5 Å². The standard InChI is InChI=1S/C77H150O17P2/c1-9-70(8)56-48-40-34-36-44-52-60-77(82)94-73(63-87-74(79)57-49-41-31-27-23-19-16-12-14-18-22-26-30-38-46-54-68(4)5)66-92-96(85,86)90-62-71(78)61-89-95(83,84)91-65-72(64-88-75(80)58-50-42-35-33-39-47-55-69(6)7)93-76(81)59-51-43-32-28-24-20-15-11-10-13-17-21-25-29-37-45-53-67(2)3/h67-73,78H,9-66H2,1-8H3,(H,83,84)(H,85,86)/t70?,71?,72-,73-/m1/s1. The molecule has 0 fully saturated rings. The van der Waals surface area contributed by atoms with Crippen LogP contribution in [0.25, 0.3) is 0 Å². The van der Waals surface area contributed by atoms with Crippen LogP contribution in [0, 0.1) is 23.7 Å². The van der Waals surface area contributed by atoms with Crippen LogP contribution in [0.15, 0.2) is 0 Å². The molecule has 19 heteroatoms. The number of aliphatic hydroxyl groups is 1. The molecular weight excluding hydrogens is 1260 g/mol. The minimum atomic E-state index is -4.96. The first-order valence-corrected chi connectivity index (χ1v) is 42.7. The van der Waals surface area contributed by atoms with Gasteiger partial charge in [-0.25, -0.2) is 9.13 Å². The predicted octanol–water partition coefficient (Wildman–Crippen LogP) is 22.4. The maximum atomic E-state index is 13.1. The molecule has 0 saturated carbocycles. The summed E-state index contributed by atoms with van der Waals surface area (Å²) in [5, 5.41) is 10.6. The maximum Gasteiger partial charge on any atom is 0.472 e. The average molecular weight is 1410 g/mol. The Morgan fingerprint density at radius 3 is 0.740 bits per heavy atom. The van der Waals surface area contributed by atoms with Gasteiger partial charge in [0.05, 0.1) is 26.4 Å². The van der Waals surface area contributed by atoms with Crippen LogP contribution < -0.4 is 0 Å². The third kappa shape index (κ3) is 69.2. The number of carbonyl (C=O) groups excluding carboxylic acids is 4. The van der Waals surface area contributed by atoms with E-state index in [-0.39, 0.29) is 25.7 Å². The van der Waals surface area contributed by atoms with E-state index in [2.05, 4.69) is 55.4 Å². The summed E-state index contributed by atoms with van der Waals surface area (Å²) >= 11 is 0. The van der Waals surface area contributed by atoms with Gasteiger partial charge in [-0.15, -0.1) is 0 Å². The van der Waals surface area contributed by atoms with Crippen LogP contribution in [0.2, 0.25) is 0 Å². The van der Waals surface area contributed by atoms with Crippen LogP contribution in [0.4, 0.5) is 0 Å². The second kappa shape index (κ2) is 66.3. The molecule has 3 N–H and O–H groups in total. The third-order valence-corrected chi connectivity index (χ3v) is 20.1. The van der Waals surface area contributed by atoms with E-state index in [0.29, 0.717) is 31.6 Å². The number of unbranched alkanes of at least 4 members (excludes halogenated alkanes) is 39. The van der Waals surface area contributed by atoms with Crippen molar-refractivity contribution in [3.05, 3.63) is 0 Å². The number of aliphatic hydroxyl groups excluding tert-OH is 1. The molecule has 0 amide bonds. The van der Waals surface area contributed by atoms with Gasteiger partial charge in [0.25, 0.3) is 0 Å². The van der Waals surface area contributed by atoms with Crippen LogP contribution in [0.3, 0.4) is 0 Å². The van der Waals surface area contributed by atoms with E-state index in [1.54, 1.807) is 0 Å². The van der Waals surface area contributed by atoms with Crippen molar-refractivity contribution in [3.63, 3.8) is 0 Å². The van der Waals surface area contributed by atoms with Crippen molar-refractivity contribution in [3.8, 4) is 0 Å². The molecular formula is C77H150O17P2. The summed E-state index contributed by atoms with van der Waals surface area (Å²) in [7, 11) is -9.91. The van der Waals surface area contributed by atoms with E-state index in [4.69, 9.17) is 37.0 Å². The highest BCUT2D eigenvalue weighted by atomic mass is 31.2. The molecule has 570 valence electrons. The summed E-state index contributed by atoms with van der Waals surface area (Å²) in [5.41, 5.74) is 0. The van der Waals surface area contributed by atoms with Crippen molar-refractivity contribution in [1.29, 1.82) is 0 Å². The van der Waals surface area contributed by atoms with Gasteiger partial charge < -0.3 is 33.8 Å². The largest absolute Gasteiger partial charge is 0.472 e. The Labute approximate surface area is 588 Å². The molecule has 0 aliphatic heterocycles. The van der Waals surface area contributed by atoms with Gasteiger partial charge >= 0.3 is 39.5 Å². The SMILES string of the molecule is CCC(C)CCCCCCCCC(=O)O[C@H](COC(=O)CCCCCCCCCCCCCCCCCC(C)C)COP(=O)(O)OCC(O)COP(=O)(O)OC[C@@H](COC(=O)CCCCCCCCC(C)C)OC(=O)CCCCCCCCCCCCCCCCCCC(C)C. The first kappa shape index (κ1) is 94.1. The normalized spacial score (nSPS) is 14.4. The Hall–Kier alpha value is -1.94. The Morgan fingerprint density at radius 2 is 0.500 bits per heavy atom. The quantitative estimate of drug-likeness (QED) is 0.0222. The lowest BCUT2D eigenvalue weighted by Gasteiger charge is -2.21. The maximum absolute atomic E-state index is 13.1. The average Bonchev–Trinajstić information content (AvgIpc) is 2.13. The molecule has 0 bridgehead atoms. The fourth-order valence-electron chi connectivity index (χ4n) is 11.7. The van der Waals surface area contributed by atoms with Gasteiger partial charge in [-0.05, 0) is 49.4 Å². The lowest BCUT2D eigenvalue weighted by molar-refractivity contribution is -0.161. The Bertz CT molecular complexity index is 1890. The molecule has 96 heavy (non-hydrogen) atoms. The molecule has 0 radical (unpaired) electrons. The van der Waals surface area contributed by atoms with E-state index in [9.17, 15) is 43.2 Å². The van der Waals surface area contributed by atoms with Crippen molar-refractivity contribution in [2.24, 2.45) is 23.7 Å². The van der Waals surface area contributed by atoms with E-state index < -0.39 is 97.5 Å². The Balaban J connectivity index is 5.15. The summed E-state index contributed by atoms with van der Waals surface area (Å²) < 4.78 is 68.5. The topological polar surface area (TPSA) is 237 Å². The zero-order chi connectivity index (χ0) is 71.0. The van der Waals surface area contributed by atoms with E-state index >= 15 is 0 Å². The highest BCUT2D eigenvalue weighted by Crippen LogP contribution is 2.45. The monoisotopic (exact) mass is 1410 g/mol. The number of carbonyl (C=O) groups is 4. The van der Waals surface area contributed by atoms with Crippen LogP contribution in [0.1, 0.15) is 389 Å². The minimum Gasteiger partial charge on any atom is -0.462 e. The van der Waals surface area contributed by atoms with Gasteiger partial charge in [0, 0.05) is 25.7 Å². The van der Waals surface area contributed by atoms with Gasteiger partial charge in [0.2, 0.25) is 0 Å². The molecule has 0 aromatic carbocycles. The van der Waals surface area contributed by atoms with Gasteiger partial charge in [-0.3, -0.25) is 37.3 Å². The molecule has 0 saturated heterocycles. The van der Waals surface area contributed by atoms with Crippen molar-refractivity contribution in [2.75, 3.05) is 39.6 Å². The number of hydrogen-bond acceptors (Lipinski definition) is 15. The fourth-order valence-corrected chi connectivity index (χ4v) is 13.3. The molecule has 0 aromatic heterocycles. The molecule has 4 unspecified atom stereocenters. The number of ether oxygens (including phenoxy) is 4. The second-order valence-electron chi connectivity index (χ2n) is 29.4. The highest BCUT2D eigenvalue weighted by Gasteiger charge is 2.30. The summed E-state index contributed by atoms with van der Waals surface area (Å²) in [6.45, 7) is 14.1. The van der Waals surface area contributed by atoms with Crippen LogP contribution in [0.5, 0.6) is 0 Å². The summed E-state index contributed by atoms with van der Waals surface area (Å²) in [6.07, 6.45) is 51.7. The van der Waals surface area contributed by atoms with E-state index in [1.165, 1.54) is 186 Å². The molecule has 0 aliphatic rings. The van der Waals surface area contributed by atoms with E-state index in [0.717, 1.165) is 114 Å². The summed E-state index contributed by atoms with van der Waals surface area (Å²) in [5.74, 6) is 0.890. The number of phosphoric acid groups is 2. The van der Waals surface area contributed by atoms with Crippen molar-refractivity contribution in [2.45, 2.75) is 408 Å². The highest BCUT2D eigenvalue weighted by molar-refractivity contribution is 7.47. The number of phosphoric ester groups is 2. The van der Waals surface area contributed by atoms with E-state index in [1.807, 2.05) is 0 Å². The third-order valence-electron chi connectivity index (χ3n) is 18.2. The van der Waals surface area contributed by atoms with Gasteiger partial charge in [-0.1, -0.05) is 338 Å². The number of hydrogen-bond donors (Lipinski definition) is 3. The second-order valence-corrected chi connectivity index (χ2v) is 32.3. The predicted molar refractivity (Wildman–Crippen MR) is 391 cm³/mol. The molecule has 0 aliphatic carbocycles. The molecule has 0 heterocycles. The first-order chi connectivity index (χ1) is 46.1. The van der Waals surface area contributed by atoms with Crippen LogP contribution in [-0.2, 0) is 65.4 Å². The van der Waals surface area contributed by atoms with Crippen LogP contribution in [-0.4, -0.2) is 96.7 Å². The molecule has 0 rings (SSSR count). The molecule has 6 atom stereocenters. The van der Waals surface area contributed by atoms with Crippen molar-refractivity contribution < 1.29 is 80.2 Å². The summed E-state index contributed by atoms with van der Waals surface area (Å²) in [6, 6.07) is 0. The number of rotatable bonds is 74. The zero-order valence-electron chi connectivity index (χ0n) is 63.0. The van der Waals surface area contributed by atoms with Gasteiger partial charge in [-0.2, -0.15) is 0 Å². The molecule has 17 nitrogen and oxygen atoms in total.